The summed E-state index contributed by atoms with van der Waals surface area (Å²) in [6.45, 7) is 4.54. The van der Waals surface area contributed by atoms with Crippen molar-refractivity contribution in [1.82, 2.24) is 0 Å². The molecule has 0 radical (unpaired) electrons. The first-order valence-corrected chi connectivity index (χ1v) is 14.5. The molecule has 0 fully saturated rings. The molecule has 41 heavy (non-hydrogen) atoms. The van der Waals surface area contributed by atoms with Crippen LogP contribution in [0.3, 0.4) is 0 Å². The van der Waals surface area contributed by atoms with Crippen molar-refractivity contribution in [3.05, 3.63) is 163 Å². The van der Waals surface area contributed by atoms with E-state index in [2.05, 4.69) is 176 Å². The molecule has 0 saturated carbocycles. The van der Waals surface area contributed by atoms with Crippen molar-refractivity contribution in [2.24, 2.45) is 0 Å². The molecule has 0 amide bonds. The fraction of sp³-hybridized carbons (Fsp3) is 0.100. The Hall–Kier alpha value is -4.88. The predicted octanol–water partition coefficient (Wildman–Crippen LogP) is 11.7. The zero-order valence-corrected chi connectivity index (χ0v) is 23.7. The van der Waals surface area contributed by atoms with Crippen LogP contribution < -0.4 is 4.90 Å². The smallest absolute Gasteiger partial charge is 0.0467 e. The molecule has 0 bridgehead atoms. The zero-order chi connectivity index (χ0) is 28.0. The molecule has 0 heterocycles. The first-order chi connectivity index (χ1) is 20.2. The number of benzene rings is 6. The summed E-state index contributed by atoms with van der Waals surface area (Å²) in [5.41, 5.74) is 12.1. The van der Waals surface area contributed by atoms with E-state index < -0.39 is 0 Å². The molecule has 6 rings (SSSR count). The van der Waals surface area contributed by atoms with Gasteiger partial charge in [0.1, 0.15) is 0 Å². The normalized spacial score (nSPS) is 11.7. The van der Waals surface area contributed by atoms with Crippen LogP contribution in [0.2, 0.25) is 0 Å². The van der Waals surface area contributed by atoms with Gasteiger partial charge in [-0.25, -0.2) is 0 Å². The van der Waals surface area contributed by atoms with Crippen LogP contribution in [0.15, 0.2) is 158 Å². The van der Waals surface area contributed by atoms with Gasteiger partial charge in [0.15, 0.2) is 0 Å². The Bertz CT molecular complexity index is 1600. The molecular formula is C40H35N. The van der Waals surface area contributed by atoms with Crippen molar-refractivity contribution >= 4 is 17.1 Å². The van der Waals surface area contributed by atoms with Gasteiger partial charge in [-0.15, -0.1) is 0 Å². The second kappa shape index (κ2) is 12.1. The van der Waals surface area contributed by atoms with Gasteiger partial charge < -0.3 is 4.90 Å². The van der Waals surface area contributed by atoms with Crippen LogP contribution in [-0.2, 0) is 0 Å². The van der Waals surface area contributed by atoms with E-state index in [0.717, 1.165) is 23.5 Å². The van der Waals surface area contributed by atoms with Crippen LogP contribution >= 0.6 is 0 Å². The topological polar surface area (TPSA) is 3.24 Å². The largest absolute Gasteiger partial charge is 0.310 e. The van der Waals surface area contributed by atoms with Gasteiger partial charge >= 0.3 is 0 Å². The van der Waals surface area contributed by atoms with Crippen LogP contribution in [0.1, 0.15) is 31.7 Å². The predicted molar refractivity (Wildman–Crippen MR) is 176 cm³/mol. The molecule has 1 atom stereocenters. The van der Waals surface area contributed by atoms with Gasteiger partial charge in [0.05, 0.1) is 0 Å². The highest BCUT2D eigenvalue weighted by molar-refractivity contribution is 5.82. The SMILES string of the molecule is CCC(C)c1ccc(-c2cccc(N(c3ccc(-c4ccccc4)cc3)c3ccc(-c4ccccc4)cc3)c2)cc1. The summed E-state index contributed by atoms with van der Waals surface area (Å²) in [7, 11) is 0. The van der Waals surface area contributed by atoms with Crippen LogP contribution in [0.25, 0.3) is 33.4 Å². The molecule has 0 aromatic heterocycles. The Morgan fingerprint density at radius 2 is 0.829 bits per heavy atom. The van der Waals surface area contributed by atoms with E-state index in [1.54, 1.807) is 0 Å². The average molecular weight is 530 g/mol. The Morgan fingerprint density at radius 1 is 0.415 bits per heavy atom. The molecule has 6 aromatic carbocycles. The Kier molecular flexibility index (Phi) is 7.78. The van der Waals surface area contributed by atoms with Gasteiger partial charge in [-0.05, 0) is 87.7 Å². The van der Waals surface area contributed by atoms with Gasteiger partial charge in [-0.1, -0.05) is 135 Å². The number of anilines is 3. The summed E-state index contributed by atoms with van der Waals surface area (Å²) in [4.78, 5) is 2.35. The van der Waals surface area contributed by atoms with Crippen molar-refractivity contribution < 1.29 is 0 Å². The maximum Gasteiger partial charge on any atom is 0.0467 e. The van der Waals surface area contributed by atoms with E-state index in [0.29, 0.717) is 5.92 Å². The molecule has 0 aliphatic rings. The number of hydrogen-bond acceptors (Lipinski definition) is 1. The number of rotatable bonds is 8. The number of nitrogens with zero attached hydrogens (tertiary/aromatic N) is 1. The summed E-state index contributed by atoms with van der Waals surface area (Å²) in [5.74, 6) is 0.573. The fourth-order valence-electron chi connectivity index (χ4n) is 5.38. The minimum absolute atomic E-state index is 0.573. The van der Waals surface area contributed by atoms with Crippen molar-refractivity contribution in [3.8, 4) is 33.4 Å². The minimum atomic E-state index is 0.573. The molecule has 6 aromatic rings. The first kappa shape index (κ1) is 26.3. The summed E-state index contributed by atoms with van der Waals surface area (Å²) < 4.78 is 0. The lowest BCUT2D eigenvalue weighted by Crippen LogP contribution is -2.10. The van der Waals surface area contributed by atoms with Gasteiger partial charge in [0.2, 0.25) is 0 Å². The Labute approximate surface area is 244 Å². The first-order valence-electron chi connectivity index (χ1n) is 14.5. The summed E-state index contributed by atoms with van der Waals surface area (Å²) >= 11 is 0. The quantitative estimate of drug-likeness (QED) is 0.189. The maximum absolute atomic E-state index is 2.35. The third-order valence-corrected chi connectivity index (χ3v) is 8.00. The molecule has 1 heteroatoms. The molecule has 0 aliphatic carbocycles. The minimum Gasteiger partial charge on any atom is -0.310 e. The lowest BCUT2D eigenvalue weighted by molar-refractivity contribution is 0.734. The molecule has 0 spiro atoms. The highest BCUT2D eigenvalue weighted by Gasteiger charge is 2.14. The lowest BCUT2D eigenvalue weighted by Gasteiger charge is -2.26. The number of hydrogen-bond donors (Lipinski definition) is 0. The summed E-state index contributed by atoms with van der Waals surface area (Å²) in [5, 5.41) is 0. The molecule has 1 nitrogen and oxygen atoms in total. The van der Waals surface area contributed by atoms with Crippen LogP contribution in [0.4, 0.5) is 17.1 Å². The zero-order valence-electron chi connectivity index (χ0n) is 23.7. The fourth-order valence-corrected chi connectivity index (χ4v) is 5.38. The van der Waals surface area contributed by atoms with Crippen LogP contribution in [0, 0.1) is 0 Å². The monoisotopic (exact) mass is 529 g/mol. The molecule has 1 unspecified atom stereocenters. The van der Waals surface area contributed by atoms with Crippen molar-refractivity contribution in [1.29, 1.82) is 0 Å². The van der Waals surface area contributed by atoms with Gasteiger partial charge in [-0.3, -0.25) is 0 Å². The van der Waals surface area contributed by atoms with E-state index in [1.807, 2.05) is 0 Å². The average Bonchev–Trinajstić information content (AvgIpc) is 3.06. The van der Waals surface area contributed by atoms with E-state index in [-0.39, 0.29) is 0 Å². The highest BCUT2D eigenvalue weighted by Crippen LogP contribution is 2.38. The Morgan fingerprint density at radius 3 is 1.32 bits per heavy atom. The van der Waals surface area contributed by atoms with Gasteiger partial charge in [0, 0.05) is 17.1 Å². The van der Waals surface area contributed by atoms with Gasteiger partial charge in [-0.2, -0.15) is 0 Å². The Balaban J connectivity index is 1.39. The van der Waals surface area contributed by atoms with Crippen molar-refractivity contribution in [2.75, 3.05) is 4.90 Å². The van der Waals surface area contributed by atoms with Crippen molar-refractivity contribution in [2.45, 2.75) is 26.2 Å². The molecule has 200 valence electrons. The lowest BCUT2D eigenvalue weighted by atomic mass is 9.95. The van der Waals surface area contributed by atoms with E-state index >= 15 is 0 Å². The standard InChI is InChI=1S/C40H35N/c1-3-30(2)31-17-19-36(20-18-31)37-15-10-16-40(29-37)41(38-25-21-34(22-26-38)32-11-6-4-7-12-32)39-27-23-35(24-28-39)33-13-8-5-9-14-33/h4-30H,3H2,1-2H3. The highest BCUT2D eigenvalue weighted by atomic mass is 15.1. The molecule has 0 aliphatic heterocycles. The summed E-state index contributed by atoms with van der Waals surface area (Å²) in [6.07, 6.45) is 1.15. The van der Waals surface area contributed by atoms with Crippen LogP contribution in [-0.4, -0.2) is 0 Å². The second-order valence-corrected chi connectivity index (χ2v) is 10.6. The maximum atomic E-state index is 2.35. The van der Waals surface area contributed by atoms with Gasteiger partial charge in [0.25, 0.3) is 0 Å². The molecule has 0 saturated heterocycles. The third-order valence-electron chi connectivity index (χ3n) is 8.00. The molecular weight excluding hydrogens is 494 g/mol. The molecule has 0 N–H and O–H groups in total. The second-order valence-electron chi connectivity index (χ2n) is 10.6. The summed E-state index contributed by atoms with van der Waals surface area (Å²) in [6, 6.07) is 56.8. The van der Waals surface area contributed by atoms with E-state index in [9.17, 15) is 0 Å². The van der Waals surface area contributed by atoms with E-state index in [1.165, 1.54) is 38.9 Å². The van der Waals surface area contributed by atoms with Crippen molar-refractivity contribution in [3.63, 3.8) is 0 Å². The van der Waals surface area contributed by atoms with Crippen LogP contribution in [0.5, 0.6) is 0 Å². The van der Waals surface area contributed by atoms with E-state index in [4.69, 9.17) is 0 Å². The third kappa shape index (κ3) is 5.85.